The van der Waals surface area contributed by atoms with Gasteiger partial charge in [0.2, 0.25) is 0 Å². The smallest absolute Gasteiger partial charge is 1.00 e. The molecular formula is C17H19BrMgO2. The van der Waals surface area contributed by atoms with Crippen molar-refractivity contribution in [2.24, 2.45) is 0 Å². The van der Waals surface area contributed by atoms with Crippen LogP contribution in [0.5, 0.6) is 5.75 Å². The molecule has 2 nitrogen and oxygen atoms in total. The van der Waals surface area contributed by atoms with Crippen LogP contribution in [0.15, 0.2) is 48.5 Å². The van der Waals surface area contributed by atoms with Crippen LogP contribution in [-0.2, 0) is 16.9 Å². The Kier molecular flexibility index (Phi) is 9.21. The van der Waals surface area contributed by atoms with Crippen molar-refractivity contribution >= 4 is 23.1 Å². The van der Waals surface area contributed by atoms with Gasteiger partial charge in [-0.25, -0.2) is 0 Å². The number of halogens is 1. The summed E-state index contributed by atoms with van der Waals surface area (Å²) in [5, 5.41) is 0. The Hall–Kier alpha value is -0.554. The van der Waals surface area contributed by atoms with Crippen molar-refractivity contribution in [1.82, 2.24) is 0 Å². The summed E-state index contributed by atoms with van der Waals surface area (Å²) in [5.41, 5.74) is 1.98. The number of hydrogen-bond acceptors (Lipinski definition) is 2. The molecule has 0 aliphatic heterocycles. The normalized spacial score (nSPS) is 10.2. The molecule has 2 rings (SSSR count). The van der Waals surface area contributed by atoms with E-state index in [0.29, 0.717) is 6.61 Å². The summed E-state index contributed by atoms with van der Waals surface area (Å²) >= 11 is 0. The second kappa shape index (κ2) is 9.46. The molecule has 0 spiro atoms. The zero-order valence-electron chi connectivity index (χ0n) is 12.7. The minimum Gasteiger partial charge on any atom is -1.00 e. The van der Waals surface area contributed by atoms with E-state index >= 15 is 0 Å². The maximum absolute atomic E-state index is 6.02. The molecule has 2 aromatic carbocycles. The number of benzene rings is 2. The van der Waals surface area contributed by atoms with Crippen LogP contribution in [0.1, 0.15) is 25.0 Å². The molecule has 0 amide bonds. The Labute approximate surface area is 153 Å². The van der Waals surface area contributed by atoms with Gasteiger partial charge in [0.15, 0.2) is 0 Å². The Morgan fingerprint density at radius 2 is 1.57 bits per heavy atom. The van der Waals surface area contributed by atoms with E-state index in [-0.39, 0.29) is 45.6 Å². The average Bonchev–Trinajstić information content (AvgIpc) is 2.47. The fourth-order valence-electron chi connectivity index (χ4n) is 1.86. The van der Waals surface area contributed by atoms with Crippen LogP contribution in [0.25, 0.3) is 0 Å². The minimum atomic E-state index is -0.310. The molecule has 0 aliphatic carbocycles. The quantitative estimate of drug-likeness (QED) is 0.574. The molecule has 0 fully saturated rings. The predicted molar refractivity (Wildman–Crippen MR) is 81.8 cm³/mol. The first-order valence-electron chi connectivity index (χ1n) is 6.35. The second-order valence-corrected chi connectivity index (χ2v) is 4.94. The third-order valence-electron chi connectivity index (χ3n) is 3.17. The van der Waals surface area contributed by atoms with Crippen LogP contribution in [0.4, 0.5) is 0 Å². The van der Waals surface area contributed by atoms with Gasteiger partial charge in [0.05, 0.1) is 19.3 Å². The maximum atomic E-state index is 6.02. The van der Waals surface area contributed by atoms with Gasteiger partial charge in [-0.05, 0) is 31.5 Å². The molecule has 0 aliphatic rings. The molecule has 4 heteroatoms. The molecule has 108 valence electrons. The van der Waals surface area contributed by atoms with E-state index < -0.39 is 0 Å². The van der Waals surface area contributed by atoms with Gasteiger partial charge in [-0.2, -0.15) is 30.3 Å². The number of ether oxygens (including phenoxy) is 2. The third kappa shape index (κ3) is 5.99. The Morgan fingerprint density at radius 1 is 1.00 bits per heavy atom. The second-order valence-electron chi connectivity index (χ2n) is 4.94. The summed E-state index contributed by atoms with van der Waals surface area (Å²) in [6.07, 6.45) is 0. The van der Waals surface area contributed by atoms with Crippen molar-refractivity contribution in [2.45, 2.75) is 26.1 Å². The van der Waals surface area contributed by atoms with Crippen LogP contribution < -0.4 is 21.7 Å². The molecule has 0 bridgehead atoms. The van der Waals surface area contributed by atoms with E-state index in [9.17, 15) is 0 Å². The van der Waals surface area contributed by atoms with Gasteiger partial charge >= 0.3 is 23.1 Å². The summed E-state index contributed by atoms with van der Waals surface area (Å²) in [6, 6.07) is 18.9. The summed E-state index contributed by atoms with van der Waals surface area (Å²) in [4.78, 5) is 0. The van der Waals surface area contributed by atoms with Crippen molar-refractivity contribution < 1.29 is 26.5 Å². The number of hydrogen-bond donors (Lipinski definition) is 0. The molecule has 0 N–H and O–H groups in total. The molecule has 0 heterocycles. The zero-order valence-corrected chi connectivity index (χ0v) is 15.7. The van der Waals surface area contributed by atoms with Crippen LogP contribution in [0.2, 0.25) is 0 Å². The zero-order chi connectivity index (χ0) is 13.7. The molecule has 2 aromatic rings. The summed E-state index contributed by atoms with van der Waals surface area (Å²) in [5.74, 6) is 0.863. The molecular weight excluding hydrogens is 340 g/mol. The summed E-state index contributed by atoms with van der Waals surface area (Å²) < 4.78 is 11.2. The van der Waals surface area contributed by atoms with Crippen LogP contribution in [0, 0.1) is 6.07 Å². The number of rotatable bonds is 5. The van der Waals surface area contributed by atoms with Crippen LogP contribution in [-0.4, -0.2) is 30.2 Å². The Bertz CT molecular complexity index is 512. The summed E-state index contributed by atoms with van der Waals surface area (Å²) in [7, 11) is 1.67. The topological polar surface area (TPSA) is 18.5 Å². The third-order valence-corrected chi connectivity index (χ3v) is 3.17. The first-order chi connectivity index (χ1) is 9.12. The van der Waals surface area contributed by atoms with Gasteiger partial charge in [0, 0.05) is 0 Å². The van der Waals surface area contributed by atoms with Crippen molar-refractivity contribution in [3.8, 4) is 5.75 Å². The van der Waals surface area contributed by atoms with Crippen LogP contribution in [0.3, 0.4) is 0 Å². The minimum absolute atomic E-state index is 0. The fourth-order valence-corrected chi connectivity index (χ4v) is 1.86. The molecule has 0 radical (unpaired) electrons. The van der Waals surface area contributed by atoms with Crippen molar-refractivity contribution in [3.63, 3.8) is 0 Å². The van der Waals surface area contributed by atoms with Crippen LogP contribution >= 0.6 is 0 Å². The fraction of sp³-hybridized carbons (Fsp3) is 0.294. The molecule has 0 atom stereocenters. The maximum Gasteiger partial charge on any atom is 2.00 e. The number of methoxy groups -OCH3 is 1. The monoisotopic (exact) mass is 358 g/mol. The molecule has 0 aromatic heterocycles. The van der Waals surface area contributed by atoms with E-state index in [1.54, 1.807) is 7.11 Å². The summed E-state index contributed by atoms with van der Waals surface area (Å²) in [6.45, 7) is 4.73. The van der Waals surface area contributed by atoms with Crippen molar-refractivity contribution in [3.05, 3.63) is 65.7 Å². The van der Waals surface area contributed by atoms with Gasteiger partial charge in [-0.1, -0.05) is 12.1 Å². The van der Waals surface area contributed by atoms with E-state index in [2.05, 4.69) is 19.9 Å². The first-order valence-corrected chi connectivity index (χ1v) is 6.35. The Balaban J connectivity index is 0.00000200. The van der Waals surface area contributed by atoms with Gasteiger partial charge in [0.25, 0.3) is 0 Å². The van der Waals surface area contributed by atoms with E-state index in [1.807, 2.05) is 48.5 Å². The van der Waals surface area contributed by atoms with E-state index in [4.69, 9.17) is 9.47 Å². The van der Waals surface area contributed by atoms with Crippen molar-refractivity contribution in [1.29, 1.82) is 0 Å². The van der Waals surface area contributed by atoms with Gasteiger partial charge in [0.1, 0.15) is 5.75 Å². The van der Waals surface area contributed by atoms with E-state index in [0.717, 1.165) is 16.9 Å². The first kappa shape index (κ1) is 20.4. The predicted octanol–water partition coefficient (Wildman–Crippen LogP) is 0.570. The Morgan fingerprint density at radius 3 is 2.10 bits per heavy atom. The van der Waals surface area contributed by atoms with Gasteiger partial charge in [-0.3, -0.25) is 0 Å². The van der Waals surface area contributed by atoms with E-state index in [1.165, 1.54) is 0 Å². The molecule has 0 unspecified atom stereocenters. The SMILES string of the molecule is COc1ccc(COC(C)(C)c2cc[c-]cc2)cc1.[Br-].[Mg+2]. The standard InChI is InChI=1S/C17H19O2.BrH.Mg/c1-17(2,15-7-5-4-6-8-15)19-13-14-9-11-16(18-3)12-10-14;;/h5-12H,13H2,1-3H3;1H;/q-1;;+2/p-1. The van der Waals surface area contributed by atoms with Crippen molar-refractivity contribution in [2.75, 3.05) is 7.11 Å². The largest absolute Gasteiger partial charge is 2.00 e. The molecule has 0 saturated heterocycles. The molecule has 0 saturated carbocycles. The molecule has 21 heavy (non-hydrogen) atoms. The van der Waals surface area contributed by atoms with Gasteiger partial charge < -0.3 is 26.5 Å². The average molecular weight is 360 g/mol. The van der Waals surface area contributed by atoms with Gasteiger partial charge in [-0.15, -0.1) is 5.56 Å².